The van der Waals surface area contributed by atoms with Gasteiger partial charge in [0, 0.05) is 18.1 Å². The molecule has 0 amide bonds. The summed E-state index contributed by atoms with van der Waals surface area (Å²) in [4.78, 5) is 10.4. The molecular formula is C9H12N6O2S. The first-order chi connectivity index (χ1) is 8.63. The first-order valence-electron chi connectivity index (χ1n) is 5.02. The quantitative estimate of drug-likeness (QED) is 0.430. The van der Waals surface area contributed by atoms with Gasteiger partial charge in [0.2, 0.25) is 10.0 Å². The molecule has 18 heavy (non-hydrogen) atoms. The van der Waals surface area contributed by atoms with E-state index in [0.29, 0.717) is 5.69 Å². The molecule has 0 aromatic carbocycles. The molecule has 0 radical (unpaired) electrons. The third-order valence-electron chi connectivity index (χ3n) is 2.20. The number of pyridine rings is 1. The molecule has 0 saturated heterocycles. The molecule has 5 N–H and O–H groups in total. The predicted octanol–water partition coefficient (Wildman–Crippen LogP) is -0.431. The van der Waals surface area contributed by atoms with Crippen LogP contribution < -0.4 is 16.0 Å². The van der Waals surface area contributed by atoms with Gasteiger partial charge in [0.15, 0.2) is 5.82 Å². The lowest BCUT2D eigenvalue weighted by Gasteiger charge is -2.09. The molecule has 0 bridgehead atoms. The molecule has 2 aromatic rings. The van der Waals surface area contributed by atoms with Gasteiger partial charge in [-0.3, -0.25) is 0 Å². The number of aromatic amines is 1. The van der Waals surface area contributed by atoms with E-state index in [9.17, 15) is 8.42 Å². The zero-order chi connectivity index (χ0) is 13.0. The van der Waals surface area contributed by atoms with Crippen LogP contribution in [0.4, 0.5) is 5.82 Å². The number of aromatic nitrogens is 3. The SMILES string of the molecule is NNc1ncccc1S(=O)(=O)NCc1cnc[nH]1. The van der Waals surface area contributed by atoms with Gasteiger partial charge in [-0.15, -0.1) is 0 Å². The molecule has 9 heteroatoms. The maximum Gasteiger partial charge on any atom is 0.244 e. The van der Waals surface area contributed by atoms with Gasteiger partial charge >= 0.3 is 0 Å². The third-order valence-corrected chi connectivity index (χ3v) is 3.64. The first-order valence-corrected chi connectivity index (χ1v) is 6.50. The molecule has 0 aliphatic rings. The highest BCUT2D eigenvalue weighted by molar-refractivity contribution is 7.89. The van der Waals surface area contributed by atoms with Crippen LogP contribution in [-0.4, -0.2) is 23.4 Å². The van der Waals surface area contributed by atoms with Gasteiger partial charge in [0.05, 0.1) is 12.9 Å². The number of rotatable bonds is 5. The molecule has 2 heterocycles. The average Bonchev–Trinajstić information content (AvgIpc) is 2.89. The van der Waals surface area contributed by atoms with Gasteiger partial charge in [0.1, 0.15) is 4.90 Å². The van der Waals surface area contributed by atoms with E-state index < -0.39 is 10.0 Å². The topological polar surface area (TPSA) is 126 Å². The Morgan fingerprint density at radius 2 is 2.28 bits per heavy atom. The minimum absolute atomic E-state index is 0.00739. The second-order valence-electron chi connectivity index (χ2n) is 3.40. The second kappa shape index (κ2) is 5.12. The molecule has 96 valence electrons. The molecule has 0 saturated carbocycles. The van der Waals surface area contributed by atoms with E-state index in [4.69, 9.17) is 5.84 Å². The van der Waals surface area contributed by atoms with Crippen LogP contribution in [0.15, 0.2) is 35.7 Å². The van der Waals surface area contributed by atoms with Crippen LogP contribution in [0.5, 0.6) is 0 Å². The lowest BCUT2D eigenvalue weighted by molar-refractivity contribution is 0.580. The first kappa shape index (κ1) is 12.5. The Hall–Kier alpha value is -1.97. The van der Waals surface area contributed by atoms with Crippen molar-refractivity contribution in [2.45, 2.75) is 11.4 Å². The summed E-state index contributed by atoms with van der Waals surface area (Å²) in [6, 6.07) is 2.93. The Balaban J connectivity index is 2.20. The highest BCUT2D eigenvalue weighted by atomic mass is 32.2. The van der Waals surface area contributed by atoms with Crippen LogP contribution in [0.25, 0.3) is 0 Å². The molecular weight excluding hydrogens is 256 g/mol. The molecule has 0 fully saturated rings. The Bertz CT molecular complexity index is 610. The zero-order valence-electron chi connectivity index (χ0n) is 9.29. The van der Waals surface area contributed by atoms with Crippen LogP contribution in [0.1, 0.15) is 5.69 Å². The fourth-order valence-corrected chi connectivity index (χ4v) is 2.47. The van der Waals surface area contributed by atoms with Gasteiger partial charge in [-0.2, -0.15) is 0 Å². The Kier molecular flexibility index (Phi) is 3.55. The Morgan fingerprint density at radius 3 is 2.94 bits per heavy atom. The number of nitrogens with one attached hydrogen (secondary N) is 3. The van der Waals surface area contributed by atoms with Crippen LogP contribution in [-0.2, 0) is 16.6 Å². The van der Waals surface area contributed by atoms with E-state index >= 15 is 0 Å². The fraction of sp³-hybridized carbons (Fsp3) is 0.111. The Labute approximate surface area is 104 Å². The second-order valence-corrected chi connectivity index (χ2v) is 5.13. The lowest BCUT2D eigenvalue weighted by Crippen LogP contribution is -2.25. The molecule has 2 aromatic heterocycles. The molecule has 0 aliphatic carbocycles. The molecule has 0 atom stereocenters. The summed E-state index contributed by atoms with van der Waals surface area (Å²) in [5.41, 5.74) is 2.90. The molecule has 0 unspecified atom stereocenters. The van der Waals surface area contributed by atoms with Crippen molar-refractivity contribution in [3.63, 3.8) is 0 Å². The normalized spacial score (nSPS) is 11.4. The monoisotopic (exact) mass is 268 g/mol. The number of nitrogen functional groups attached to an aromatic ring is 1. The standard InChI is InChI=1S/C9H12N6O2S/c10-15-9-8(2-1-3-12-9)18(16,17)14-5-7-4-11-6-13-7/h1-4,6,14H,5,10H2,(H,11,13)(H,12,15). The van der Waals surface area contributed by atoms with Crippen LogP contribution in [0.3, 0.4) is 0 Å². The lowest BCUT2D eigenvalue weighted by atomic mass is 10.5. The van der Waals surface area contributed by atoms with Gasteiger partial charge in [0.25, 0.3) is 0 Å². The summed E-state index contributed by atoms with van der Waals surface area (Å²) in [6.07, 6.45) is 4.46. The summed E-state index contributed by atoms with van der Waals surface area (Å²) in [7, 11) is -3.68. The summed E-state index contributed by atoms with van der Waals surface area (Å²) in [6.45, 7) is 0.112. The van der Waals surface area contributed by atoms with Crippen molar-refractivity contribution >= 4 is 15.8 Å². The van der Waals surface area contributed by atoms with E-state index in [1.807, 2.05) is 0 Å². The highest BCUT2D eigenvalue weighted by Gasteiger charge is 2.18. The third kappa shape index (κ3) is 2.64. The van der Waals surface area contributed by atoms with Crippen molar-refractivity contribution in [2.75, 3.05) is 5.43 Å². The van der Waals surface area contributed by atoms with E-state index in [0.717, 1.165) is 0 Å². The number of hydrogen-bond acceptors (Lipinski definition) is 6. The van der Waals surface area contributed by atoms with Crippen molar-refractivity contribution in [1.82, 2.24) is 19.7 Å². The number of hydrogen-bond donors (Lipinski definition) is 4. The number of nitrogens with zero attached hydrogens (tertiary/aromatic N) is 2. The minimum atomic E-state index is -3.68. The molecule has 0 spiro atoms. The molecule has 0 aliphatic heterocycles. The van der Waals surface area contributed by atoms with Crippen molar-refractivity contribution in [2.24, 2.45) is 5.84 Å². The van der Waals surface area contributed by atoms with Crippen LogP contribution in [0.2, 0.25) is 0 Å². The van der Waals surface area contributed by atoms with Crippen LogP contribution in [0, 0.1) is 0 Å². The number of anilines is 1. The fourth-order valence-electron chi connectivity index (χ4n) is 1.35. The summed E-state index contributed by atoms with van der Waals surface area (Å²) >= 11 is 0. The van der Waals surface area contributed by atoms with E-state index in [1.165, 1.54) is 30.9 Å². The largest absolute Gasteiger partial charge is 0.347 e. The maximum atomic E-state index is 12.0. The van der Waals surface area contributed by atoms with Gasteiger partial charge in [-0.05, 0) is 12.1 Å². The van der Waals surface area contributed by atoms with Gasteiger partial charge in [-0.25, -0.2) is 29.0 Å². The van der Waals surface area contributed by atoms with Gasteiger partial charge in [-0.1, -0.05) is 0 Å². The van der Waals surface area contributed by atoms with Crippen molar-refractivity contribution < 1.29 is 8.42 Å². The summed E-state index contributed by atoms with van der Waals surface area (Å²) in [5.74, 6) is 5.31. The van der Waals surface area contributed by atoms with Crippen molar-refractivity contribution in [1.29, 1.82) is 0 Å². The summed E-state index contributed by atoms with van der Waals surface area (Å²) < 4.78 is 26.5. The minimum Gasteiger partial charge on any atom is -0.347 e. The highest BCUT2D eigenvalue weighted by Crippen LogP contribution is 2.16. The number of sulfonamides is 1. The van der Waals surface area contributed by atoms with E-state index in [1.54, 1.807) is 0 Å². The molecule has 8 nitrogen and oxygen atoms in total. The smallest absolute Gasteiger partial charge is 0.244 e. The predicted molar refractivity (Wildman–Crippen MR) is 64.7 cm³/mol. The molecule has 2 rings (SSSR count). The van der Waals surface area contributed by atoms with E-state index in [-0.39, 0.29) is 17.3 Å². The maximum absolute atomic E-state index is 12.0. The number of nitrogens with two attached hydrogens (primary N) is 1. The van der Waals surface area contributed by atoms with E-state index in [2.05, 4.69) is 25.1 Å². The van der Waals surface area contributed by atoms with Crippen LogP contribution >= 0.6 is 0 Å². The van der Waals surface area contributed by atoms with Crippen molar-refractivity contribution in [3.05, 3.63) is 36.5 Å². The van der Waals surface area contributed by atoms with Crippen molar-refractivity contribution in [3.8, 4) is 0 Å². The summed E-state index contributed by atoms with van der Waals surface area (Å²) in [5, 5.41) is 0. The zero-order valence-corrected chi connectivity index (χ0v) is 10.1. The number of imidazole rings is 1. The Morgan fingerprint density at radius 1 is 1.44 bits per heavy atom. The number of H-pyrrole nitrogens is 1. The van der Waals surface area contributed by atoms with Gasteiger partial charge < -0.3 is 10.4 Å². The average molecular weight is 268 g/mol. The number of hydrazine groups is 1.